The fourth-order valence-corrected chi connectivity index (χ4v) is 2.79. The molecule has 0 saturated carbocycles. The molecule has 0 radical (unpaired) electrons. The van der Waals surface area contributed by atoms with Crippen LogP contribution in [0.4, 0.5) is 5.69 Å². The first kappa shape index (κ1) is 12.7. The van der Waals surface area contributed by atoms with Crippen LogP contribution in [0, 0.1) is 17.2 Å². The van der Waals surface area contributed by atoms with Crippen molar-refractivity contribution in [1.29, 1.82) is 5.26 Å². The zero-order valence-electron chi connectivity index (χ0n) is 11.3. The molecule has 0 N–H and O–H groups in total. The Bertz CT molecular complexity index is 582. The number of rotatable bonds is 3. The zero-order valence-corrected chi connectivity index (χ0v) is 11.3. The first-order chi connectivity index (χ1) is 9.85. The minimum Gasteiger partial charge on any atom is -0.371 e. The number of nitriles is 1. The molecule has 3 rings (SSSR count). The lowest BCUT2D eigenvalue weighted by Crippen LogP contribution is -2.37. The summed E-state index contributed by atoms with van der Waals surface area (Å²) in [6.07, 6.45) is 5.79. The van der Waals surface area contributed by atoms with E-state index in [-0.39, 0.29) is 0 Å². The summed E-state index contributed by atoms with van der Waals surface area (Å²) in [7, 11) is 0. The van der Waals surface area contributed by atoms with Gasteiger partial charge < -0.3 is 4.90 Å². The first-order valence-electron chi connectivity index (χ1n) is 6.92. The van der Waals surface area contributed by atoms with Crippen LogP contribution in [0.25, 0.3) is 0 Å². The molecule has 1 aromatic carbocycles. The van der Waals surface area contributed by atoms with Gasteiger partial charge in [0, 0.05) is 25.3 Å². The molecule has 1 aliphatic rings. The van der Waals surface area contributed by atoms with E-state index in [0.29, 0.717) is 11.5 Å². The molecule has 0 unspecified atom stereocenters. The Morgan fingerprint density at radius 2 is 2.15 bits per heavy atom. The van der Waals surface area contributed by atoms with Crippen LogP contribution in [-0.4, -0.2) is 27.9 Å². The Morgan fingerprint density at radius 3 is 2.85 bits per heavy atom. The summed E-state index contributed by atoms with van der Waals surface area (Å²) in [5.41, 5.74) is 1.91. The summed E-state index contributed by atoms with van der Waals surface area (Å²) in [5, 5.41) is 13.0. The van der Waals surface area contributed by atoms with Crippen molar-refractivity contribution in [1.82, 2.24) is 14.8 Å². The third kappa shape index (κ3) is 2.80. The van der Waals surface area contributed by atoms with Crippen LogP contribution in [0.2, 0.25) is 0 Å². The molecule has 0 aliphatic carbocycles. The van der Waals surface area contributed by atoms with Gasteiger partial charge in [-0.3, -0.25) is 4.68 Å². The number of anilines is 1. The van der Waals surface area contributed by atoms with E-state index in [1.807, 2.05) is 28.9 Å². The van der Waals surface area contributed by atoms with E-state index in [4.69, 9.17) is 5.26 Å². The lowest BCUT2D eigenvalue weighted by atomic mass is 9.97. The summed E-state index contributed by atoms with van der Waals surface area (Å²) in [6.45, 7) is 3.04. The molecule has 2 heterocycles. The SMILES string of the molecule is N#Cc1ccc(N2CCC[C@@H](Cn3cncn3)C2)cc1. The third-order valence-electron chi connectivity index (χ3n) is 3.79. The fraction of sp³-hybridized carbons (Fsp3) is 0.400. The number of piperidine rings is 1. The van der Waals surface area contributed by atoms with Crippen LogP contribution in [0.1, 0.15) is 18.4 Å². The third-order valence-corrected chi connectivity index (χ3v) is 3.79. The average molecular weight is 267 g/mol. The van der Waals surface area contributed by atoms with E-state index < -0.39 is 0 Å². The quantitative estimate of drug-likeness (QED) is 0.854. The van der Waals surface area contributed by atoms with Gasteiger partial charge in [-0.2, -0.15) is 10.4 Å². The molecule has 20 heavy (non-hydrogen) atoms. The van der Waals surface area contributed by atoms with Crippen LogP contribution in [0.15, 0.2) is 36.9 Å². The maximum Gasteiger partial charge on any atom is 0.137 e. The smallest absolute Gasteiger partial charge is 0.137 e. The number of benzene rings is 1. The molecule has 1 aliphatic heterocycles. The molecule has 0 spiro atoms. The second kappa shape index (κ2) is 5.74. The lowest BCUT2D eigenvalue weighted by Gasteiger charge is -2.34. The van der Waals surface area contributed by atoms with Gasteiger partial charge in [0.05, 0.1) is 11.6 Å². The predicted octanol–water partition coefficient (Wildman–Crippen LogP) is 2.07. The van der Waals surface area contributed by atoms with Crippen molar-refractivity contribution in [2.75, 3.05) is 18.0 Å². The standard InChI is InChI=1S/C15H17N5/c16-8-13-3-5-15(6-4-13)19-7-1-2-14(9-19)10-20-12-17-11-18-20/h3-6,11-12,14H,1-2,7,9-10H2/t14-/m1/s1. The highest BCUT2D eigenvalue weighted by molar-refractivity contribution is 5.50. The molecule has 1 aromatic heterocycles. The van der Waals surface area contributed by atoms with Crippen molar-refractivity contribution < 1.29 is 0 Å². The van der Waals surface area contributed by atoms with Crippen LogP contribution < -0.4 is 4.90 Å². The first-order valence-corrected chi connectivity index (χ1v) is 6.92. The average Bonchev–Trinajstić information content (AvgIpc) is 3.01. The summed E-state index contributed by atoms with van der Waals surface area (Å²) in [6, 6.07) is 10.0. The lowest BCUT2D eigenvalue weighted by molar-refractivity contribution is 0.351. The summed E-state index contributed by atoms with van der Waals surface area (Å²) in [5.74, 6) is 0.598. The van der Waals surface area contributed by atoms with Gasteiger partial charge in [0.25, 0.3) is 0 Å². The molecule has 1 atom stereocenters. The minimum absolute atomic E-state index is 0.598. The van der Waals surface area contributed by atoms with Gasteiger partial charge in [-0.15, -0.1) is 0 Å². The molecule has 5 heteroatoms. The van der Waals surface area contributed by atoms with E-state index in [0.717, 1.165) is 19.6 Å². The van der Waals surface area contributed by atoms with Gasteiger partial charge in [-0.25, -0.2) is 4.98 Å². The summed E-state index contributed by atoms with van der Waals surface area (Å²) < 4.78 is 1.91. The van der Waals surface area contributed by atoms with Gasteiger partial charge in [-0.05, 0) is 43.0 Å². The number of hydrogen-bond donors (Lipinski definition) is 0. The van der Waals surface area contributed by atoms with Crippen molar-refractivity contribution in [3.63, 3.8) is 0 Å². The molecule has 2 aromatic rings. The molecule has 5 nitrogen and oxygen atoms in total. The highest BCUT2D eigenvalue weighted by Crippen LogP contribution is 2.24. The van der Waals surface area contributed by atoms with Gasteiger partial charge in [0.1, 0.15) is 12.7 Å². The van der Waals surface area contributed by atoms with Crippen molar-refractivity contribution in [3.8, 4) is 6.07 Å². The topological polar surface area (TPSA) is 57.7 Å². The number of nitrogens with zero attached hydrogens (tertiary/aromatic N) is 5. The summed E-state index contributed by atoms with van der Waals surface area (Å²) in [4.78, 5) is 6.39. The molecule has 0 bridgehead atoms. The highest BCUT2D eigenvalue weighted by Gasteiger charge is 2.20. The molecular formula is C15H17N5. The zero-order chi connectivity index (χ0) is 13.8. The Balaban J connectivity index is 1.66. The normalized spacial score (nSPS) is 18.8. The van der Waals surface area contributed by atoms with E-state index in [1.165, 1.54) is 18.5 Å². The Morgan fingerprint density at radius 1 is 1.30 bits per heavy atom. The molecule has 0 amide bonds. The molecule has 1 fully saturated rings. The van der Waals surface area contributed by atoms with E-state index in [1.54, 1.807) is 12.7 Å². The highest BCUT2D eigenvalue weighted by atomic mass is 15.3. The van der Waals surface area contributed by atoms with E-state index in [9.17, 15) is 0 Å². The Hall–Kier alpha value is -2.35. The van der Waals surface area contributed by atoms with Crippen LogP contribution in [0.5, 0.6) is 0 Å². The van der Waals surface area contributed by atoms with E-state index in [2.05, 4.69) is 21.1 Å². The minimum atomic E-state index is 0.598. The maximum atomic E-state index is 8.85. The van der Waals surface area contributed by atoms with Crippen LogP contribution in [-0.2, 0) is 6.54 Å². The molecular weight excluding hydrogens is 250 g/mol. The van der Waals surface area contributed by atoms with E-state index >= 15 is 0 Å². The van der Waals surface area contributed by atoms with Crippen molar-refractivity contribution in [2.24, 2.45) is 5.92 Å². The van der Waals surface area contributed by atoms with Gasteiger partial charge in [-0.1, -0.05) is 0 Å². The largest absolute Gasteiger partial charge is 0.371 e. The van der Waals surface area contributed by atoms with Gasteiger partial charge in [0.2, 0.25) is 0 Å². The molecule has 102 valence electrons. The molecule has 1 saturated heterocycles. The fourth-order valence-electron chi connectivity index (χ4n) is 2.79. The summed E-state index contributed by atoms with van der Waals surface area (Å²) >= 11 is 0. The predicted molar refractivity (Wildman–Crippen MR) is 76.1 cm³/mol. The van der Waals surface area contributed by atoms with Gasteiger partial charge in [0.15, 0.2) is 0 Å². The van der Waals surface area contributed by atoms with Crippen LogP contribution in [0.3, 0.4) is 0 Å². The maximum absolute atomic E-state index is 8.85. The van der Waals surface area contributed by atoms with Crippen LogP contribution >= 0.6 is 0 Å². The van der Waals surface area contributed by atoms with Crippen molar-refractivity contribution in [3.05, 3.63) is 42.5 Å². The number of hydrogen-bond acceptors (Lipinski definition) is 4. The Kier molecular flexibility index (Phi) is 3.64. The monoisotopic (exact) mass is 267 g/mol. The van der Waals surface area contributed by atoms with Crippen molar-refractivity contribution >= 4 is 5.69 Å². The second-order valence-electron chi connectivity index (χ2n) is 5.23. The number of aromatic nitrogens is 3. The van der Waals surface area contributed by atoms with Gasteiger partial charge >= 0.3 is 0 Å². The Labute approximate surface area is 118 Å². The second-order valence-corrected chi connectivity index (χ2v) is 5.23. The van der Waals surface area contributed by atoms with Crippen molar-refractivity contribution in [2.45, 2.75) is 19.4 Å².